The van der Waals surface area contributed by atoms with Crippen LogP contribution < -0.4 is 5.73 Å². The summed E-state index contributed by atoms with van der Waals surface area (Å²) in [5.74, 6) is 0.0245. The Labute approximate surface area is 97.2 Å². The van der Waals surface area contributed by atoms with Crippen molar-refractivity contribution in [2.75, 3.05) is 12.3 Å². The second-order valence-corrected chi connectivity index (χ2v) is 3.22. The summed E-state index contributed by atoms with van der Waals surface area (Å²) in [6.07, 6.45) is 2.96. The molecule has 0 radical (unpaired) electrons. The lowest BCUT2D eigenvalue weighted by Crippen LogP contribution is -2.04. The van der Waals surface area contributed by atoms with Crippen molar-refractivity contribution in [3.05, 3.63) is 30.2 Å². The van der Waals surface area contributed by atoms with Crippen LogP contribution in [0.1, 0.15) is 17.4 Å². The number of nitrogens with two attached hydrogens (primary N) is 1. The molecule has 2 N–H and O–H groups in total. The molecule has 2 rings (SSSR count). The number of carbonyl (C=O) groups is 1. The molecule has 0 aliphatic rings. The van der Waals surface area contributed by atoms with E-state index in [4.69, 9.17) is 10.5 Å². The van der Waals surface area contributed by atoms with Gasteiger partial charge in [-0.05, 0) is 19.1 Å². The highest BCUT2D eigenvalue weighted by Crippen LogP contribution is 2.06. The topological polar surface area (TPSA) is 95.9 Å². The van der Waals surface area contributed by atoms with Gasteiger partial charge in [-0.25, -0.2) is 14.5 Å². The number of nitrogen functional groups attached to an aromatic ring is 1. The Hall–Kier alpha value is -2.44. The van der Waals surface area contributed by atoms with E-state index in [9.17, 15) is 4.79 Å². The fourth-order valence-corrected chi connectivity index (χ4v) is 1.21. The number of pyridine rings is 1. The summed E-state index contributed by atoms with van der Waals surface area (Å²) in [5, 5.41) is 7.48. The fraction of sp³-hybridized carbons (Fsp3) is 0.200. The summed E-state index contributed by atoms with van der Waals surface area (Å²) in [6.45, 7) is 2.02. The maximum absolute atomic E-state index is 11.4. The van der Waals surface area contributed by atoms with Crippen LogP contribution in [-0.4, -0.2) is 32.6 Å². The van der Waals surface area contributed by atoms with E-state index in [-0.39, 0.29) is 5.69 Å². The monoisotopic (exact) mass is 233 g/mol. The second-order valence-electron chi connectivity index (χ2n) is 3.22. The number of esters is 1. The number of rotatable bonds is 3. The summed E-state index contributed by atoms with van der Waals surface area (Å²) < 4.78 is 6.18. The predicted molar refractivity (Wildman–Crippen MR) is 59.5 cm³/mol. The quantitative estimate of drug-likeness (QED) is 0.772. The van der Waals surface area contributed by atoms with Gasteiger partial charge in [-0.15, -0.1) is 5.10 Å². The summed E-state index contributed by atoms with van der Waals surface area (Å²) >= 11 is 0. The zero-order valence-electron chi connectivity index (χ0n) is 9.20. The molecule has 7 heteroatoms. The lowest BCUT2D eigenvalue weighted by Gasteiger charge is -1.98. The molecule has 2 aromatic heterocycles. The van der Waals surface area contributed by atoms with Gasteiger partial charge < -0.3 is 10.5 Å². The van der Waals surface area contributed by atoms with Crippen LogP contribution in [0.25, 0.3) is 5.82 Å². The van der Waals surface area contributed by atoms with E-state index in [1.165, 1.54) is 17.1 Å². The van der Waals surface area contributed by atoms with Gasteiger partial charge in [0, 0.05) is 0 Å². The van der Waals surface area contributed by atoms with Crippen molar-refractivity contribution < 1.29 is 9.53 Å². The van der Waals surface area contributed by atoms with Crippen LogP contribution in [0.4, 0.5) is 5.69 Å². The van der Waals surface area contributed by atoms with Gasteiger partial charge >= 0.3 is 5.97 Å². The van der Waals surface area contributed by atoms with Crippen LogP contribution >= 0.6 is 0 Å². The molecular formula is C10H11N5O2. The first-order valence-electron chi connectivity index (χ1n) is 5.02. The van der Waals surface area contributed by atoms with Gasteiger partial charge in [-0.3, -0.25) is 0 Å². The molecule has 0 aliphatic carbocycles. The molecule has 0 unspecified atom stereocenters. The van der Waals surface area contributed by atoms with Crippen molar-refractivity contribution in [1.82, 2.24) is 20.0 Å². The minimum Gasteiger partial charge on any atom is -0.461 e. The predicted octanol–water partition coefficient (Wildman–Crippen LogP) is 0.421. The van der Waals surface area contributed by atoms with Gasteiger partial charge in [0.25, 0.3) is 0 Å². The van der Waals surface area contributed by atoms with E-state index in [2.05, 4.69) is 15.3 Å². The van der Waals surface area contributed by atoms with Gasteiger partial charge in [0.15, 0.2) is 11.5 Å². The van der Waals surface area contributed by atoms with Crippen molar-refractivity contribution in [2.45, 2.75) is 6.92 Å². The average molecular weight is 233 g/mol. The van der Waals surface area contributed by atoms with Crippen LogP contribution in [-0.2, 0) is 4.74 Å². The average Bonchev–Trinajstić information content (AvgIpc) is 2.80. The number of carbonyl (C=O) groups excluding carboxylic acids is 1. The Kier molecular flexibility index (Phi) is 2.99. The molecule has 17 heavy (non-hydrogen) atoms. The fourth-order valence-electron chi connectivity index (χ4n) is 1.21. The van der Waals surface area contributed by atoms with E-state index in [1.54, 1.807) is 19.1 Å². The molecule has 0 aliphatic heterocycles. The van der Waals surface area contributed by atoms with E-state index in [0.29, 0.717) is 18.1 Å². The maximum atomic E-state index is 11.4. The second kappa shape index (κ2) is 4.60. The van der Waals surface area contributed by atoms with Crippen molar-refractivity contribution in [3.63, 3.8) is 0 Å². The molecule has 0 saturated carbocycles. The molecule has 0 saturated heterocycles. The van der Waals surface area contributed by atoms with Crippen LogP contribution in [0, 0.1) is 0 Å². The van der Waals surface area contributed by atoms with Gasteiger partial charge in [0.1, 0.15) is 0 Å². The standard InChI is InChI=1S/C10H11N5O2/c1-2-17-10(16)8-6-15(14-13-8)9-4-3-7(11)5-12-9/h3-6H,2,11H2,1H3. The molecule has 0 fully saturated rings. The molecule has 88 valence electrons. The maximum Gasteiger partial charge on any atom is 0.360 e. The SMILES string of the molecule is CCOC(=O)c1cn(-c2ccc(N)cn2)nn1. The molecule has 0 aromatic carbocycles. The van der Waals surface area contributed by atoms with Crippen LogP contribution in [0.2, 0.25) is 0 Å². The number of hydrogen-bond acceptors (Lipinski definition) is 6. The Morgan fingerprint density at radius 3 is 3.00 bits per heavy atom. The lowest BCUT2D eigenvalue weighted by molar-refractivity contribution is 0.0519. The van der Waals surface area contributed by atoms with Gasteiger partial charge in [-0.2, -0.15) is 0 Å². The van der Waals surface area contributed by atoms with Crippen molar-refractivity contribution >= 4 is 11.7 Å². The molecule has 0 amide bonds. The third-order valence-electron chi connectivity index (χ3n) is 1.98. The summed E-state index contributed by atoms with van der Waals surface area (Å²) in [7, 11) is 0. The Morgan fingerprint density at radius 2 is 2.35 bits per heavy atom. The van der Waals surface area contributed by atoms with E-state index >= 15 is 0 Å². The highest BCUT2D eigenvalue weighted by molar-refractivity contribution is 5.86. The van der Waals surface area contributed by atoms with Crippen molar-refractivity contribution in [3.8, 4) is 5.82 Å². The minimum absolute atomic E-state index is 0.144. The molecule has 2 heterocycles. The van der Waals surface area contributed by atoms with Crippen molar-refractivity contribution in [1.29, 1.82) is 0 Å². The molecule has 0 spiro atoms. The van der Waals surface area contributed by atoms with Gasteiger partial charge in [-0.1, -0.05) is 5.21 Å². The Morgan fingerprint density at radius 1 is 1.53 bits per heavy atom. The van der Waals surface area contributed by atoms with Crippen LogP contribution in [0.3, 0.4) is 0 Å². The molecular weight excluding hydrogens is 222 g/mol. The van der Waals surface area contributed by atoms with E-state index in [1.807, 2.05) is 0 Å². The lowest BCUT2D eigenvalue weighted by atomic mass is 10.4. The minimum atomic E-state index is -0.505. The first kappa shape index (κ1) is 11.1. The van der Waals surface area contributed by atoms with E-state index < -0.39 is 5.97 Å². The third kappa shape index (κ3) is 2.39. The Balaban J connectivity index is 2.23. The zero-order chi connectivity index (χ0) is 12.3. The highest BCUT2D eigenvalue weighted by atomic mass is 16.5. The van der Waals surface area contributed by atoms with Crippen LogP contribution in [0.5, 0.6) is 0 Å². The zero-order valence-corrected chi connectivity index (χ0v) is 9.20. The summed E-state index contributed by atoms with van der Waals surface area (Å²) in [6, 6.07) is 3.37. The van der Waals surface area contributed by atoms with Crippen LogP contribution in [0.15, 0.2) is 24.5 Å². The highest BCUT2D eigenvalue weighted by Gasteiger charge is 2.12. The number of hydrogen-bond donors (Lipinski definition) is 1. The third-order valence-corrected chi connectivity index (χ3v) is 1.98. The number of aromatic nitrogens is 4. The Bertz CT molecular complexity index is 520. The van der Waals surface area contributed by atoms with Gasteiger partial charge in [0.2, 0.25) is 0 Å². The first-order chi connectivity index (χ1) is 8.20. The van der Waals surface area contributed by atoms with Gasteiger partial charge in [0.05, 0.1) is 24.7 Å². The molecule has 2 aromatic rings. The normalized spacial score (nSPS) is 10.2. The van der Waals surface area contributed by atoms with Crippen molar-refractivity contribution in [2.24, 2.45) is 0 Å². The molecule has 0 bridgehead atoms. The summed E-state index contributed by atoms with van der Waals surface area (Å²) in [4.78, 5) is 15.4. The summed E-state index contributed by atoms with van der Waals surface area (Å²) in [5.41, 5.74) is 6.21. The smallest absolute Gasteiger partial charge is 0.360 e. The molecule has 0 atom stereocenters. The first-order valence-corrected chi connectivity index (χ1v) is 5.02. The number of ether oxygens (including phenoxy) is 1. The number of nitrogens with zero attached hydrogens (tertiary/aromatic N) is 4. The van der Waals surface area contributed by atoms with E-state index in [0.717, 1.165) is 0 Å². The molecule has 7 nitrogen and oxygen atoms in total. The largest absolute Gasteiger partial charge is 0.461 e. The number of anilines is 1.